The zero-order valence-electron chi connectivity index (χ0n) is 24.6. The molecule has 240 valence electrons. The molecular weight excluding hydrogens is 653 g/mol. The van der Waals surface area contributed by atoms with Crippen LogP contribution in [0.25, 0.3) is 0 Å². The van der Waals surface area contributed by atoms with Crippen molar-refractivity contribution in [3.8, 4) is 11.5 Å². The first-order chi connectivity index (χ1) is 22.3. The molecule has 1 saturated carbocycles. The molecule has 0 unspecified atom stereocenters. The van der Waals surface area contributed by atoms with E-state index in [9.17, 15) is 38.7 Å². The lowest BCUT2D eigenvalue weighted by Crippen LogP contribution is -2.60. The normalized spacial score (nSPS) is 29.8. The first-order valence-electron chi connectivity index (χ1n) is 14.8. The van der Waals surface area contributed by atoms with Crippen LogP contribution >= 0.6 is 23.2 Å². The highest BCUT2D eigenvalue weighted by Gasteiger charge is 2.77. The number of carbonyl (C=O) groups excluding carboxylic acids is 4. The summed E-state index contributed by atoms with van der Waals surface area (Å²) in [5.41, 5.74) is 0.820. The lowest BCUT2D eigenvalue weighted by molar-refractivity contribution is -0.125. The van der Waals surface area contributed by atoms with Gasteiger partial charge in [-0.15, -0.1) is 23.2 Å². The van der Waals surface area contributed by atoms with E-state index in [4.69, 9.17) is 27.9 Å². The highest BCUT2D eigenvalue weighted by Crippen LogP contribution is 2.66. The molecule has 3 aromatic rings. The van der Waals surface area contributed by atoms with E-state index < -0.39 is 70.0 Å². The number of aromatic hydroxyl groups is 1. The maximum absolute atomic E-state index is 14.4. The van der Waals surface area contributed by atoms with Crippen molar-refractivity contribution in [3.63, 3.8) is 0 Å². The van der Waals surface area contributed by atoms with Crippen molar-refractivity contribution in [2.75, 3.05) is 16.9 Å². The summed E-state index contributed by atoms with van der Waals surface area (Å²) in [5, 5.41) is 30.6. The van der Waals surface area contributed by atoms with Gasteiger partial charge < -0.3 is 19.9 Å². The number of anilines is 2. The van der Waals surface area contributed by atoms with Crippen LogP contribution in [0.5, 0.6) is 11.5 Å². The summed E-state index contributed by atoms with van der Waals surface area (Å²) in [7, 11) is -0.425. The Morgan fingerprint density at radius 2 is 1.62 bits per heavy atom. The van der Waals surface area contributed by atoms with Gasteiger partial charge in [0.15, 0.2) is 9.75 Å². The van der Waals surface area contributed by atoms with Crippen molar-refractivity contribution in [2.24, 2.45) is 17.8 Å². The summed E-state index contributed by atoms with van der Waals surface area (Å²) < 4.78 is 19.2. The van der Waals surface area contributed by atoms with Gasteiger partial charge in [0, 0.05) is 11.5 Å². The highest BCUT2D eigenvalue weighted by atomic mass is 35.5. The van der Waals surface area contributed by atoms with Crippen LogP contribution in [-0.2, 0) is 19.2 Å². The molecule has 2 heterocycles. The molecule has 7 rings (SSSR count). The Kier molecular flexibility index (Phi) is 7.29. The summed E-state index contributed by atoms with van der Waals surface area (Å²) >= 11 is 14.7. The number of hydrogen-bond donors (Lipinski definition) is 3. The molecule has 3 aromatic carbocycles. The van der Waals surface area contributed by atoms with Gasteiger partial charge >= 0.3 is 7.12 Å². The lowest BCUT2D eigenvalue weighted by atomic mass is 9.56. The number of rotatable bonds is 5. The van der Waals surface area contributed by atoms with Gasteiger partial charge in [-0.3, -0.25) is 24.1 Å². The van der Waals surface area contributed by atoms with Gasteiger partial charge in [0.25, 0.3) is 11.8 Å². The molecule has 6 atom stereocenters. The molecule has 0 spiro atoms. The van der Waals surface area contributed by atoms with Crippen molar-refractivity contribution < 1.29 is 43.5 Å². The first kappa shape index (κ1) is 31.4. The van der Waals surface area contributed by atoms with Crippen LogP contribution in [0.1, 0.15) is 24.3 Å². The maximum atomic E-state index is 14.4. The summed E-state index contributed by atoms with van der Waals surface area (Å²) in [5.74, 6) is -7.48. The quantitative estimate of drug-likeness (QED) is 0.162. The molecule has 3 N–H and O–H groups in total. The predicted octanol–water partition coefficient (Wildman–Crippen LogP) is 2.99. The fraction of sp³-hybridized carbons (Fsp3) is 0.273. The molecule has 4 aliphatic rings. The number of phenolic OH excluding ortho intramolecular Hbond substituents is 1. The van der Waals surface area contributed by atoms with E-state index in [1.807, 2.05) is 0 Å². The monoisotopic (exact) mass is 678 g/mol. The molecule has 2 aliphatic heterocycles. The van der Waals surface area contributed by atoms with Crippen LogP contribution in [-0.4, -0.2) is 62.8 Å². The molecular formula is C33H26BCl2FN2O8. The second-order valence-corrected chi connectivity index (χ2v) is 13.4. The van der Waals surface area contributed by atoms with Crippen molar-refractivity contribution in [2.45, 2.75) is 28.5 Å². The van der Waals surface area contributed by atoms with Gasteiger partial charge in [-0.25, -0.2) is 9.29 Å². The van der Waals surface area contributed by atoms with Crippen LogP contribution in [0.2, 0.25) is 0 Å². The largest absolute Gasteiger partial charge is 0.508 e. The van der Waals surface area contributed by atoms with Gasteiger partial charge in [-0.2, -0.15) is 0 Å². The molecule has 4 amide bonds. The zero-order chi connectivity index (χ0) is 33.6. The molecule has 0 aromatic heterocycles. The van der Waals surface area contributed by atoms with Crippen LogP contribution in [0.3, 0.4) is 0 Å². The van der Waals surface area contributed by atoms with E-state index in [1.54, 1.807) is 6.08 Å². The van der Waals surface area contributed by atoms with Crippen LogP contribution in [0.4, 0.5) is 15.8 Å². The standard InChI is InChI=1S/C33H26BCl2FN2O8/c1-47-20-9-12-25(40)23(14-20)27-21-10-11-22-26(29(42)38(28(22)41)19-4-2-3-16(13-19)34(45)46)24(21)15-32(35)30(43)39(31(44)33(27,32)36)18-7-5-17(37)6-8-18/h2-10,12-14,22,24,26-27,40,45-46H,11,15H2,1H3/t22-,24+,26-,27+,32+,33-/m0/s1. The Labute approximate surface area is 278 Å². The van der Waals surface area contributed by atoms with E-state index >= 15 is 0 Å². The summed E-state index contributed by atoms with van der Waals surface area (Å²) in [6, 6.07) is 14.7. The van der Waals surface area contributed by atoms with Crippen LogP contribution in [0, 0.1) is 23.6 Å². The summed E-state index contributed by atoms with van der Waals surface area (Å²) in [6.07, 6.45) is 1.49. The first-order valence-corrected chi connectivity index (χ1v) is 15.5. The fourth-order valence-electron chi connectivity index (χ4n) is 7.71. The minimum absolute atomic E-state index is 0.0311. The number of alkyl halides is 2. The number of amides is 4. The smallest absolute Gasteiger partial charge is 0.488 e. The highest BCUT2D eigenvalue weighted by molar-refractivity contribution is 6.59. The topological polar surface area (TPSA) is 145 Å². The van der Waals surface area contributed by atoms with Gasteiger partial charge in [0.1, 0.15) is 17.3 Å². The summed E-state index contributed by atoms with van der Waals surface area (Å²) in [6.45, 7) is 0. The van der Waals surface area contributed by atoms with Crippen molar-refractivity contribution in [3.05, 3.63) is 89.8 Å². The number of imide groups is 2. The van der Waals surface area contributed by atoms with Gasteiger partial charge in [-0.1, -0.05) is 23.8 Å². The molecule has 0 radical (unpaired) electrons. The molecule has 47 heavy (non-hydrogen) atoms. The summed E-state index contributed by atoms with van der Waals surface area (Å²) in [4.78, 5) is 54.2. The molecule has 2 saturated heterocycles. The average Bonchev–Trinajstić information content (AvgIpc) is 3.39. The third kappa shape index (κ3) is 4.31. The van der Waals surface area contributed by atoms with Crippen molar-refractivity contribution >= 4 is 70.8 Å². The number of hydrogen-bond acceptors (Lipinski definition) is 8. The number of halogens is 3. The Balaban J connectivity index is 1.40. The fourth-order valence-corrected chi connectivity index (χ4v) is 8.64. The Morgan fingerprint density at radius 1 is 0.894 bits per heavy atom. The number of phenols is 1. The van der Waals surface area contributed by atoms with Gasteiger partial charge in [0.2, 0.25) is 11.8 Å². The molecule has 10 nitrogen and oxygen atoms in total. The van der Waals surface area contributed by atoms with E-state index in [2.05, 4.69) is 0 Å². The predicted molar refractivity (Wildman–Crippen MR) is 170 cm³/mol. The third-order valence-corrected chi connectivity index (χ3v) is 11.3. The minimum atomic E-state index is -2.23. The molecule has 3 fully saturated rings. The number of fused-ring (bicyclic) bond motifs is 4. The second kappa shape index (κ2) is 10.9. The molecule has 14 heteroatoms. The lowest BCUT2D eigenvalue weighted by Gasteiger charge is -2.50. The Bertz CT molecular complexity index is 1910. The molecule has 2 aliphatic carbocycles. The minimum Gasteiger partial charge on any atom is -0.508 e. The van der Waals surface area contributed by atoms with Crippen LogP contribution < -0.4 is 20.0 Å². The third-order valence-electron chi connectivity index (χ3n) is 9.87. The van der Waals surface area contributed by atoms with E-state index in [0.29, 0.717) is 11.3 Å². The number of allylic oxidation sites excluding steroid dienone is 2. The number of methoxy groups -OCH3 is 1. The van der Waals surface area contributed by atoms with Crippen molar-refractivity contribution in [1.82, 2.24) is 0 Å². The van der Waals surface area contributed by atoms with E-state index in [1.165, 1.54) is 61.7 Å². The van der Waals surface area contributed by atoms with Gasteiger partial charge in [-0.05, 0) is 78.8 Å². The average molecular weight is 679 g/mol. The Hall–Kier alpha value is -4.23. The SMILES string of the molecule is COc1ccc(O)c([C@H]2C3=CC[C@@H]4C(=O)N(c5cccc(B(O)O)c5)C(=O)[C@@H]4[C@@H]3C[C@@]3(Cl)C(=O)N(c4ccc(F)cc4)C(=O)[C@@]23Cl)c1. The Morgan fingerprint density at radius 3 is 2.30 bits per heavy atom. The van der Waals surface area contributed by atoms with E-state index in [-0.39, 0.29) is 41.0 Å². The van der Waals surface area contributed by atoms with E-state index in [0.717, 1.165) is 21.9 Å². The maximum Gasteiger partial charge on any atom is 0.488 e. The second-order valence-electron chi connectivity index (χ2n) is 12.2. The number of ether oxygens (including phenoxy) is 1. The zero-order valence-corrected chi connectivity index (χ0v) is 26.2. The number of benzene rings is 3. The number of carbonyl (C=O) groups is 4. The van der Waals surface area contributed by atoms with Gasteiger partial charge in [0.05, 0.1) is 30.3 Å². The molecule has 0 bridgehead atoms. The number of nitrogens with zero attached hydrogens (tertiary/aromatic N) is 2. The van der Waals surface area contributed by atoms with Crippen molar-refractivity contribution in [1.29, 1.82) is 0 Å². The van der Waals surface area contributed by atoms with Crippen LogP contribution in [0.15, 0.2) is 78.4 Å².